The van der Waals surface area contributed by atoms with Crippen molar-refractivity contribution in [2.24, 2.45) is 0 Å². The number of amides is 1. The molecule has 5 nitrogen and oxygen atoms in total. The van der Waals surface area contributed by atoms with E-state index in [1.54, 1.807) is 6.92 Å². The van der Waals surface area contributed by atoms with E-state index in [1.807, 2.05) is 42.6 Å². The Hall–Kier alpha value is -2.65. The fraction of sp³-hybridized carbons (Fsp3) is 0.409. The number of benzene rings is 1. The van der Waals surface area contributed by atoms with Crippen molar-refractivity contribution in [1.82, 2.24) is 5.32 Å². The van der Waals surface area contributed by atoms with Crippen LogP contribution in [0.5, 0.6) is 0 Å². The van der Waals surface area contributed by atoms with Gasteiger partial charge in [0.25, 0.3) is 5.91 Å². The average Bonchev–Trinajstić information content (AvgIpc) is 3.19. The van der Waals surface area contributed by atoms with Crippen LogP contribution in [0, 0.1) is 18.3 Å². The number of hydrogen-bond acceptors (Lipinski definition) is 5. The van der Waals surface area contributed by atoms with Crippen molar-refractivity contribution in [3.8, 4) is 17.2 Å². The highest BCUT2D eigenvalue weighted by Gasteiger charge is 2.35. The molecule has 1 aromatic heterocycles. The zero-order chi connectivity index (χ0) is 20.1. The number of thiophene rings is 1. The first kappa shape index (κ1) is 20.1. The van der Waals surface area contributed by atoms with Gasteiger partial charge in [0.2, 0.25) is 0 Å². The number of nitrogens with one attached hydrogen (secondary N) is 1. The van der Waals surface area contributed by atoms with E-state index in [0.717, 1.165) is 36.0 Å². The van der Waals surface area contributed by atoms with Gasteiger partial charge in [-0.1, -0.05) is 49.1 Å². The number of hydrogen-bond donors (Lipinski definition) is 1. The summed E-state index contributed by atoms with van der Waals surface area (Å²) in [6.07, 6.45) is 3.21. The van der Waals surface area contributed by atoms with Crippen molar-refractivity contribution in [2.45, 2.75) is 57.6 Å². The van der Waals surface area contributed by atoms with Gasteiger partial charge in [0.05, 0.1) is 6.07 Å². The van der Waals surface area contributed by atoms with E-state index in [1.165, 1.54) is 11.3 Å². The van der Waals surface area contributed by atoms with E-state index in [0.29, 0.717) is 17.7 Å². The van der Waals surface area contributed by atoms with Gasteiger partial charge in [0, 0.05) is 5.56 Å². The predicted molar refractivity (Wildman–Crippen MR) is 109 cm³/mol. The third kappa shape index (κ3) is 4.42. The lowest BCUT2D eigenvalue weighted by molar-refractivity contribution is -0.130. The molecule has 1 aliphatic carbocycles. The third-order valence-electron chi connectivity index (χ3n) is 5.15. The standard InChI is InChI=1S/C22H24N2O3S/c1-15-6-8-17(9-7-15)18-10-13-28-19(18)21(26)27-16(2)20(25)24-22(14-23)11-4-3-5-12-22/h6-10,13,16H,3-5,11-12H2,1-2H3,(H,24,25)/t16-/m1/s1. The van der Waals surface area contributed by atoms with Crippen molar-refractivity contribution >= 4 is 23.2 Å². The van der Waals surface area contributed by atoms with E-state index in [4.69, 9.17) is 4.74 Å². The molecule has 28 heavy (non-hydrogen) atoms. The fourth-order valence-corrected chi connectivity index (χ4v) is 4.25. The molecule has 146 valence electrons. The Balaban J connectivity index is 1.68. The Kier molecular flexibility index (Phi) is 6.15. The highest BCUT2D eigenvalue weighted by Crippen LogP contribution is 2.30. The molecular weight excluding hydrogens is 372 g/mol. The van der Waals surface area contributed by atoms with Crippen LogP contribution in [0.4, 0.5) is 0 Å². The summed E-state index contributed by atoms with van der Waals surface area (Å²) in [7, 11) is 0. The Morgan fingerprint density at radius 3 is 2.50 bits per heavy atom. The average molecular weight is 397 g/mol. The van der Waals surface area contributed by atoms with Crippen molar-refractivity contribution < 1.29 is 14.3 Å². The molecule has 0 radical (unpaired) electrons. The van der Waals surface area contributed by atoms with Gasteiger partial charge in [-0.25, -0.2) is 4.79 Å². The molecule has 2 aromatic rings. The summed E-state index contributed by atoms with van der Waals surface area (Å²) >= 11 is 1.29. The van der Waals surface area contributed by atoms with Gasteiger partial charge in [-0.3, -0.25) is 4.79 Å². The monoisotopic (exact) mass is 396 g/mol. The molecule has 0 unspecified atom stereocenters. The maximum atomic E-state index is 12.7. The molecule has 1 aliphatic rings. The summed E-state index contributed by atoms with van der Waals surface area (Å²) in [6, 6.07) is 12.0. The zero-order valence-corrected chi connectivity index (χ0v) is 17.0. The molecule has 1 saturated carbocycles. The Bertz CT molecular complexity index is 889. The third-order valence-corrected chi connectivity index (χ3v) is 6.04. The van der Waals surface area contributed by atoms with Crippen molar-refractivity contribution in [3.05, 3.63) is 46.2 Å². The highest BCUT2D eigenvalue weighted by atomic mass is 32.1. The van der Waals surface area contributed by atoms with E-state index in [-0.39, 0.29) is 0 Å². The number of nitriles is 1. The lowest BCUT2D eigenvalue weighted by Crippen LogP contribution is -2.52. The molecule has 6 heteroatoms. The molecule has 3 rings (SSSR count). The second-order valence-electron chi connectivity index (χ2n) is 7.32. The Labute approximate surface area is 169 Å². The summed E-state index contributed by atoms with van der Waals surface area (Å²) < 4.78 is 5.42. The highest BCUT2D eigenvalue weighted by molar-refractivity contribution is 7.12. The number of aryl methyl sites for hydroxylation is 1. The number of rotatable bonds is 5. The van der Waals surface area contributed by atoms with Gasteiger partial charge in [-0.2, -0.15) is 5.26 Å². The molecule has 0 saturated heterocycles. The van der Waals surface area contributed by atoms with Gasteiger partial charge >= 0.3 is 5.97 Å². The van der Waals surface area contributed by atoms with E-state index >= 15 is 0 Å². The summed E-state index contributed by atoms with van der Waals surface area (Å²) in [4.78, 5) is 25.7. The van der Waals surface area contributed by atoms with E-state index in [9.17, 15) is 14.9 Å². The molecule has 1 atom stereocenters. The minimum absolute atomic E-state index is 0.426. The van der Waals surface area contributed by atoms with Crippen LogP contribution >= 0.6 is 11.3 Å². The van der Waals surface area contributed by atoms with E-state index < -0.39 is 23.5 Å². The predicted octanol–water partition coefficient (Wildman–Crippen LogP) is 4.61. The molecule has 1 fully saturated rings. The van der Waals surface area contributed by atoms with Crippen molar-refractivity contribution in [3.63, 3.8) is 0 Å². The molecule has 0 aliphatic heterocycles. The fourth-order valence-electron chi connectivity index (χ4n) is 3.45. The largest absolute Gasteiger partial charge is 0.448 e. The first-order valence-electron chi connectivity index (χ1n) is 9.53. The lowest BCUT2D eigenvalue weighted by Gasteiger charge is -2.32. The maximum Gasteiger partial charge on any atom is 0.349 e. The normalized spacial score (nSPS) is 16.6. The smallest absolute Gasteiger partial charge is 0.349 e. The summed E-state index contributed by atoms with van der Waals surface area (Å²) in [6.45, 7) is 3.55. The maximum absolute atomic E-state index is 12.7. The summed E-state index contributed by atoms with van der Waals surface area (Å²) in [5.41, 5.74) is 2.03. The Morgan fingerprint density at radius 1 is 1.18 bits per heavy atom. The molecule has 1 N–H and O–H groups in total. The first-order chi connectivity index (χ1) is 13.4. The quantitative estimate of drug-likeness (QED) is 0.749. The van der Waals surface area contributed by atoms with Crippen molar-refractivity contribution in [2.75, 3.05) is 0 Å². The minimum atomic E-state index is -0.965. The second kappa shape index (κ2) is 8.57. The van der Waals surface area contributed by atoms with Crippen LogP contribution in [0.25, 0.3) is 11.1 Å². The van der Waals surface area contributed by atoms with E-state index in [2.05, 4.69) is 11.4 Å². The van der Waals surface area contributed by atoms with Crippen LogP contribution in [0.1, 0.15) is 54.3 Å². The summed E-state index contributed by atoms with van der Waals surface area (Å²) in [5.74, 6) is -0.951. The zero-order valence-electron chi connectivity index (χ0n) is 16.2. The Morgan fingerprint density at radius 2 is 1.86 bits per heavy atom. The van der Waals surface area contributed by atoms with Crippen molar-refractivity contribution in [1.29, 1.82) is 5.26 Å². The van der Waals surface area contributed by atoms with Gasteiger partial charge in [0.15, 0.2) is 6.10 Å². The van der Waals surface area contributed by atoms with Gasteiger partial charge in [-0.15, -0.1) is 11.3 Å². The van der Waals surface area contributed by atoms with Gasteiger partial charge in [-0.05, 0) is 43.7 Å². The van der Waals surface area contributed by atoms with Crippen LogP contribution in [0.3, 0.4) is 0 Å². The molecule has 1 aromatic carbocycles. The summed E-state index contributed by atoms with van der Waals surface area (Å²) in [5, 5.41) is 14.2. The van der Waals surface area contributed by atoms with Crippen LogP contribution in [0.15, 0.2) is 35.7 Å². The number of carbonyl (C=O) groups excluding carboxylic acids is 2. The van der Waals surface area contributed by atoms with Crippen LogP contribution in [-0.2, 0) is 9.53 Å². The first-order valence-corrected chi connectivity index (χ1v) is 10.4. The van der Waals surface area contributed by atoms with Crippen LogP contribution < -0.4 is 5.32 Å². The minimum Gasteiger partial charge on any atom is -0.448 e. The molecule has 1 heterocycles. The topological polar surface area (TPSA) is 79.2 Å². The molecule has 1 amide bonds. The van der Waals surface area contributed by atoms with Gasteiger partial charge < -0.3 is 10.1 Å². The van der Waals surface area contributed by atoms with Crippen LogP contribution in [0.2, 0.25) is 0 Å². The molecule has 0 spiro atoms. The lowest BCUT2D eigenvalue weighted by atomic mass is 9.83. The molecular formula is C22H24N2O3S. The SMILES string of the molecule is Cc1ccc(-c2ccsc2C(=O)O[C@H](C)C(=O)NC2(C#N)CCCCC2)cc1. The number of nitrogens with zero attached hydrogens (tertiary/aromatic N) is 1. The number of carbonyl (C=O) groups is 2. The second-order valence-corrected chi connectivity index (χ2v) is 8.24. The number of esters is 1. The molecule has 0 bridgehead atoms. The van der Waals surface area contributed by atoms with Crippen LogP contribution in [-0.4, -0.2) is 23.5 Å². The van der Waals surface area contributed by atoms with Gasteiger partial charge in [0.1, 0.15) is 10.4 Å². The number of ether oxygens (including phenoxy) is 1.